The van der Waals surface area contributed by atoms with Gasteiger partial charge in [0.25, 0.3) is 11.6 Å². The number of imidazole rings is 1. The van der Waals surface area contributed by atoms with E-state index in [-0.39, 0.29) is 17.1 Å². The molecule has 0 spiro atoms. The van der Waals surface area contributed by atoms with Gasteiger partial charge < -0.3 is 25.4 Å². The second kappa shape index (κ2) is 6.39. The Morgan fingerprint density at radius 3 is 2.85 bits per heavy atom. The van der Waals surface area contributed by atoms with Crippen molar-refractivity contribution in [1.29, 1.82) is 0 Å². The molecule has 4 atom stereocenters. The molecule has 16 heteroatoms. The van der Waals surface area contributed by atoms with E-state index in [1.54, 1.807) is 0 Å². The van der Waals surface area contributed by atoms with Crippen LogP contribution >= 0.6 is 7.82 Å². The number of aromatic nitrogens is 4. The first-order chi connectivity index (χ1) is 12.1. The van der Waals surface area contributed by atoms with Crippen molar-refractivity contribution in [2.75, 3.05) is 12.3 Å². The predicted molar refractivity (Wildman–Crippen MR) is 81.3 cm³/mol. The molecule has 3 heterocycles. The number of aromatic amines is 1. The number of aliphatic hydroxyl groups excluding tert-OH is 1. The summed E-state index contributed by atoms with van der Waals surface area (Å²) in [7, 11) is -4.90. The van der Waals surface area contributed by atoms with Gasteiger partial charge in [-0.3, -0.25) is 29.0 Å². The molecule has 0 radical (unpaired) electrons. The standard InChI is InChI=1S/C10H13N6O9P/c11-10-13-7-4(8(18)14-10)12-2-15(7)9-6(17)5(16(19)20)3(25-9)1-24-26(21,22)23/h2-3,5-6,9,17H,1H2,(H2,21,22,23)(H3,11,13,14,18)/t3-,5?,6?,9-/m1/s1. The van der Waals surface area contributed by atoms with Crippen molar-refractivity contribution in [1.82, 2.24) is 19.5 Å². The number of nitrogen functional groups attached to an aromatic ring is 1. The van der Waals surface area contributed by atoms with Crippen LogP contribution in [0.4, 0.5) is 5.95 Å². The fourth-order valence-electron chi connectivity index (χ4n) is 2.66. The minimum atomic E-state index is -4.90. The van der Waals surface area contributed by atoms with Gasteiger partial charge in [0, 0.05) is 4.92 Å². The number of H-pyrrole nitrogens is 1. The second-order valence-corrected chi connectivity index (χ2v) is 6.63. The van der Waals surface area contributed by atoms with E-state index in [0.29, 0.717) is 0 Å². The number of hydrogen-bond acceptors (Lipinski definition) is 10. The van der Waals surface area contributed by atoms with Crippen LogP contribution in [0.3, 0.4) is 0 Å². The van der Waals surface area contributed by atoms with Gasteiger partial charge in [-0.25, -0.2) is 9.55 Å². The van der Waals surface area contributed by atoms with E-state index >= 15 is 0 Å². The number of fused-ring (bicyclic) bond motifs is 1. The lowest BCUT2D eigenvalue weighted by Crippen LogP contribution is -2.40. The Morgan fingerprint density at radius 1 is 1.54 bits per heavy atom. The zero-order chi connectivity index (χ0) is 19.2. The van der Waals surface area contributed by atoms with Crippen LogP contribution in [0.15, 0.2) is 11.1 Å². The van der Waals surface area contributed by atoms with E-state index in [0.717, 1.165) is 10.9 Å². The highest BCUT2D eigenvalue weighted by molar-refractivity contribution is 7.46. The zero-order valence-corrected chi connectivity index (χ0v) is 13.6. The Labute approximate surface area is 142 Å². The molecule has 0 amide bonds. The smallest absolute Gasteiger partial charge is 0.381 e. The number of nitro groups is 1. The van der Waals surface area contributed by atoms with Crippen molar-refractivity contribution < 1.29 is 33.6 Å². The van der Waals surface area contributed by atoms with Gasteiger partial charge in [0.1, 0.15) is 0 Å². The van der Waals surface area contributed by atoms with E-state index < -0.39 is 49.4 Å². The van der Waals surface area contributed by atoms with Gasteiger partial charge in [-0.2, -0.15) is 4.98 Å². The third-order valence-corrected chi connectivity index (χ3v) is 4.20. The number of ether oxygens (including phenoxy) is 1. The van der Waals surface area contributed by atoms with E-state index in [1.807, 2.05) is 0 Å². The molecule has 6 N–H and O–H groups in total. The molecule has 1 fully saturated rings. The minimum Gasteiger partial charge on any atom is -0.381 e. The van der Waals surface area contributed by atoms with E-state index in [4.69, 9.17) is 20.3 Å². The van der Waals surface area contributed by atoms with Crippen molar-refractivity contribution in [2.24, 2.45) is 0 Å². The molecule has 0 bridgehead atoms. The van der Waals surface area contributed by atoms with Gasteiger partial charge in [0.15, 0.2) is 29.6 Å². The Kier molecular flexibility index (Phi) is 4.51. The fraction of sp³-hybridized carbons (Fsp3) is 0.500. The van der Waals surface area contributed by atoms with Gasteiger partial charge in [0.2, 0.25) is 5.95 Å². The van der Waals surface area contributed by atoms with Crippen LogP contribution in [-0.2, 0) is 13.8 Å². The van der Waals surface area contributed by atoms with Crippen LogP contribution in [0, 0.1) is 10.1 Å². The number of nitrogens with zero attached hydrogens (tertiary/aromatic N) is 4. The van der Waals surface area contributed by atoms with Crippen LogP contribution in [-0.4, -0.2) is 64.2 Å². The Morgan fingerprint density at radius 2 is 2.23 bits per heavy atom. The predicted octanol–water partition coefficient (Wildman–Crippen LogP) is -2.29. The van der Waals surface area contributed by atoms with Gasteiger partial charge in [-0.05, 0) is 0 Å². The molecule has 2 aromatic rings. The molecule has 0 aliphatic carbocycles. The number of aliphatic hydroxyl groups is 1. The summed E-state index contributed by atoms with van der Waals surface area (Å²) in [6, 6.07) is -1.75. The average Bonchev–Trinajstić information content (AvgIpc) is 3.05. The second-order valence-electron chi connectivity index (χ2n) is 5.39. The quantitative estimate of drug-likeness (QED) is 0.206. The average molecular weight is 392 g/mol. The maximum Gasteiger partial charge on any atom is 0.469 e. The summed E-state index contributed by atoms with van der Waals surface area (Å²) in [4.78, 5) is 49.5. The van der Waals surface area contributed by atoms with Crippen LogP contribution in [0.1, 0.15) is 6.23 Å². The summed E-state index contributed by atoms with van der Waals surface area (Å²) >= 11 is 0. The molecule has 1 aliphatic heterocycles. The molecule has 0 aromatic carbocycles. The van der Waals surface area contributed by atoms with E-state index in [1.165, 1.54) is 0 Å². The topological polar surface area (TPSA) is 229 Å². The molecule has 1 saturated heterocycles. The summed E-state index contributed by atoms with van der Waals surface area (Å²) in [5.41, 5.74) is 4.57. The Balaban J connectivity index is 1.97. The lowest BCUT2D eigenvalue weighted by molar-refractivity contribution is -0.536. The molecule has 0 saturated carbocycles. The van der Waals surface area contributed by atoms with Gasteiger partial charge >= 0.3 is 7.82 Å². The Hall–Kier alpha value is -2.42. The minimum absolute atomic E-state index is 0.0889. The van der Waals surface area contributed by atoms with Crippen molar-refractivity contribution in [3.8, 4) is 0 Å². The van der Waals surface area contributed by atoms with Gasteiger partial charge in [0.05, 0.1) is 12.9 Å². The monoisotopic (exact) mass is 392 g/mol. The summed E-state index contributed by atoms with van der Waals surface area (Å²) in [5, 5.41) is 21.5. The molecule has 142 valence electrons. The van der Waals surface area contributed by atoms with Gasteiger partial charge in [-0.1, -0.05) is 0 Å². The molecule has 26 heavy (non-hydrogen) atoms. The van der Waals surface area contributed by atoms with E-state index in [2.05, 4.69) is 19.5 Å². The first-order valence-electron chi connectivity index (χ1n) is 6.98. The van der Waals surface area contributed by atoms with Crippen LogP contribution in [0.25, 0.3) is 11.2 Å². The van der Waals surface area contributed by atoms with Crippen molar-refractivity contribution in [2.45, 2.75) is 24.5 Å². The first-order valence-corrected chi connectivity index (χ1v) is 8.51. The molecule has 2 aromatic heterocycles. The summed E-state index contributed by atoms with van der Waals surface area (Å²) in [5.74, 6) is -0.246. The summed E-state index contributed by atoms with van der Waals surface area (Å²) in [6.45, 7) is -0.841. The normalized spacial score (nSPS) is 26.4. The summed E-state index contributed by atoms with van der Waals surface area (Å²) in [6.07, 6.45) is -3.55. The lowest BCUT2D eigenvalue weighted by atomic mass is 10.1. The maximum absolute atomic E-state index is 11.8. The molecular formula is C10H13N6O9P. The van der Waals surface area contributed by atoms with E-state index in [9.17, 15) is 24.6 Å². The highest BCUT2D eigenvalue weighted by Gasteiger charge is 2.53. The molecule has 2 unspecified atom stereocenters. The maximum atomic E-state index is 11.8. The zero-order valence-electron chi connectivity index (χ0n) is 12.7. The molecule has 3 rings (SSSR count). The molecule has 15 nitrogen and oxygen atoms in total. The fourth-order valence-corrected chi connectivity index (χ4v) is 3.00. The number of nitrogens with one attached hydrogen (secondary N) is 1. The van der Waals surface area contributed by atoms with Crippen molar-refractivity contribution >= 4 is 24.9 Å². The number of phosphoric ester groups is 1. The van der Waals surface area contributed by atoms with Gasteiger partial charge in [-0.15, -0.1) is 0 Å². The van der Waals surface area contributed by atoms with Crippen LogP contribution < -0.4 is 11.3 Å². The van der Waals surface area contributed by atoms with Crippen LogP contribution in [0.2, 0.25) is 0 Å². The van der Waals surface area contributed by atoms with Crippen molar-refractivity contribution in [3.63, 3.8) is 0 Å². The first kappa shape index (κ1) is 18.4. The van der Waals surface area contributed by atoms with Crippen molar-refractivity contribution in [3.05, 3.63) is 26.8 Å². The SMILES string of the molecule is Nc1nc2c(ncn2[C@@H]2O[C@H](COP(=O)(O)O)C([N+](=O)[O-])C2O)c(=O)[nH]1. The number of nitrogens with two attached hydrogens (primary N) is 1. The lowest BCUT2D eigenvalue weighted by Gasteiger charge is -2.15. The number of rotatable bonds is 5. The molecular weight excluding hydrogens is 379 g/mol. The highest BCUT2D eigenvalue weighted by atomic mass is 31.2. The number of anilines is 1. The molecule has 1 aliphatic rings. The third kappa shape index (κ3) is 3.31. The number of phosphoric acid groups is 1. The van der Waals surface area contributed by atoms with Crippen LogP contribution in [0.5, 0.6) is 0 Å². The summed E-state index contributed by atoms with van der Waals surface area (Å²) < 4.78 is 21.5. The Bertz CT molecular complexity index is 952. The largest absolute Gasteiger partial charge is 0.469 e. The third-order valence-electron chi connectivity index (χ3n) is 3.71. The highest BCUT2D eigenvalue weighted by Crippen LogP contribution is 2.39. The number of hydrogen-bond donors (Lipinski definition) is 5.